The predicted octanol–water partition coefficient (Wildman–Crippen LogP) is 2.41. The van der Waals surface area contributed by atoms with E-state index >= 15 is 0 Å². The van der Waals surface area contributed by atoms with Gasteiger partial charge in [0.25, 0.3) is 0 Å². The Morgan fingerprint density at radius 3 is 2.63 bits per heavy atom. The van der Waals surface area contributed by atoms with Crippen LogP contribution in [0.4, 0.5) is 4.79 Å². The number of hydrogen-bond acceptors (Lipinski definition) is 2. The number of likely N-dealkylation sites (tertiary alicyclic amines) is 1. The molecular weight excluding hydrogens is 244 g/mol. The van der Waals surface area contributed by atoms with E-state index < -0.39 is 5.97 Å². The number of carboxylic acid groups (broad SMARTS) is 1. The van der Waals surface area contributed by atoms with Crippen molar-refractivity contribution in [3.63, 3.8) is 0 Å². The average Bonchev–Trinajstić information content (AvgIpc) is 2.37. The number of carbonyl (C=O) groups excluding carboxylic acids is 1. The van der Waals surface area contributed by atoms with Crippen molar-refractivity contribution in [2.75, 3.05) is 19.6 Å². The van der Waals surface area contributed by atoms with Gasteiger partial charge in [0.05, 0.1) is 0 Å². The van der Waals surface area contributed by atoms with Gasteiger partial charge in [0, 0.05) is 32.1 Å². The highest BCUT2D eigenvalue weighted by Crippen LogP contribution is 2.22. The van der Waals surface area contributed by atoms with Gasteiger partial charge in [0.15, 0.2) is 0 Å². The first-order valence-electron chi connectivity index (χ1n) is 7.23. The molecule has 110 valence electrons. The number of rotatable bonds is 5. The molecule has 19 heavy (non-hydrogen) atoms. The van der Waals surface area contributed by atoms with Crippen LogP contribution >= 0.6 is 0 Å². The lowest BCUT2D eigenvalue weighted by molar-refractivity contribution is -0.137. The number of urea groups is 1. The van der Waals surface area contributed by atoms with Crippen LogP contribution in [0.1, 0.15) is 46.5 Å². The van der Waals surface area contributed by atoms with Gasteiger partial charge in [-0.1, -0.05) is 0 Å². The molecule has 0 aromatic carbocycles. The van der Waals surface area contributed by atoms with Crippen molar-refractivity contribution in [3.8, 4) is 0 Å². The second-order valence-electron chi connectivity index (χ2n) is 5.55. The molecule has 0 aromatic rings. The summed E-state index contributed by atoms with van der Waals surface area (Å²) in [7, 11) is 0. The third kappa shape index (κ3) is 4.73. The number of aliphatic carboxylic acids is 1. The van der Waals surface area contributed by atoms with Gasteiger partial charge in [-0.2, -0.15) is 0 Å². The predicted molar refractivity (Wildman–Crippen MR) is 74.1 cm³/mol. The van der Waals surface area contributed by atoms with Crippen molar-refractivity contribution in [1.29, 1.82) is 0 Å². The van der Waals surface area contributed by atoms with E-state index in [1.165, 1.54) is 0 Å². The second-order valence-corrected chi connectivity index (χ2v) is 5.55. The van der Waals surface area contributed by atoms with Crippen LogP contribution in [0.25, 0.3) is 0 Å². The van der Waals surface area contributed by atoms with Gasteiger partial charge in [0.1, 0.15) is 0 Å². The van der Waals surface area contributed by atoms with Crippen molar-refractivity contribution < 1.29 is 14.7 Å². The minimum atomic E-state index is -0.749. The molecule has 1 rings (SSSR count). The highest BCUT2D eigenvalue weighted by atomic mass is 16.4. The lowest BCUT2D eigenvalue weighted by atomic mass is 9.93. The largest absolute Gasteiger partial charge is 0.481 e. The fraction of sp³-hybridized carbons (Fsp3) is 0.857. The summed E-state index contributed by atoms with van der Waals surface area (Å²) in [6.07, 6.45) is 2.89. The SMILES string of the molecule is CCN(C(=O)N1CCCC(CCC(=O)O)C1)C(C)C. The standard InChI is InChI=1S/C14H26N2O3/c1-4-16(11(2)3)14(19)15-9-5-6-12(10-15)7-8-13(17)18/h11-12H,4-10H2,1-3H3,(H,17,18). The Morgan fingerprint density at radius 1 is 1.42 bits per heavy atom. The number of nitrogens with zero attached hydrogens (tertiary/aromatic N) is 2. The van der Waals surface area contributed by atoms with Crippen molar-refractivity contribution >= 4 is 12.0 Å². The normalized spacial score (nSPS) is 19.6. The Balaban J connectivity index is 2.53. The summed E-state index contributed by atoms with van der Waals surface area (Å²) in [6.45, 7) is 8.25. The van der Waals surface area contributed by atoms with E-state index in [9.17, 15) is 9.59 Å². The molecule has 2 amide bonds. The Bertz CT molecular complexity index is 318. The van der Waals surface area contributed by atoms with E-state index in [0.29, 0.717) is 25.4 Å². The van der Waals surface area contributed by atoms with E-state index in [2.05, 4.69) is 0 Å². The molecule has 1 aliphatic rings. The van der Waals surface area contributed by atoms with E-state index in [-0.39, 0.29) is 18.5 Å². The number of amides is 2. The van der Waals surface area contributed by atoms with Gasteiger partial charge in [-0.15, -0.1) is 0 Å². The minimum absolute atomic E-state index is 0.0949. The van der Waals surface area contributed by atoms with Crippen LogP contribution in [0.5, 0.6) is 0 Å². The van der Waals surface area contributed by atoms with Crippen LogP contribution in [0, 0.1) is 5.92 Å². The van der Waals surface area contributed by atoms with E-state index in [1.807, 2.05) is 30.6 Å². The van der Waals surface area contributed by atoms with Crippen molar-refractivity contribution in [2.45, 2.75) is 52.5 Å². The molecule has 0 radical (unpaired) electrons. The number of carbonyl (C=O) groups is 2. The molecule has 1 heterocycles. The van der Waals surface area contributed by atoms with Crippen LogP contribution in [-0.2, 0) is 4.79 Å². The first kappa shape index (κ1) is 15.8. The molecular formula is C14H26N2O3. The van der Waals surface area contributed by atoms with Crippen LogP contribution in [0.2, 0.25) is 0 Å². The fourth-order valence-electron chi connectivity index (χ4n) is 2.70. The van der Waals surface area contributed by atoms with E-state index in [0.717, 1.165) is 19.4 Å². The molecule has 1 atom stereocenters. The summed E-state index contributed by atoms with van der Waals surface area (Å²) in [5.41, 5.74) is 0. The topological polar surface area (TPSA) is 60.9 Å². The Hall–Kier alpha value is -1.26. The van der Waals surface area contributed by atoms with E-state index in [4.69, 9.17) is 5.11 Å². The van der Waals surface area contributed by atoms with Crippen molar-refractivity contribution in [3.05, 3.63) is 0 Å². The number of carboxylic acids is 1. The monoisotopic (exact) mass is 270 g/mol. The molecule has 0 saturated carbocycles. The summed E-state index contributed by atoms with van der Waals surface area (Å²) in [5.74, 6) is -0.416. The second kappa shape index (κ2) is 7.36. The Morgan fingerprint density at radius 2 is 2.11 bits per heavy atom. The zero-order chi connectivity index (χ0) is 14.4. The average molecular weight is 270 g/mol. The maximum Gasteiger partial charge on any atom is 0.320 e. The molecule has 5 nitrogen and oxygen atoms in total. The van der Waals surface area contributed by atoms with Gasteiger partial charge >= 0.3 is 12.0 Å². The van der Waals surface area contributed by atoms with Gasteiger partial charge in [-0.25, -0.2) is 4.79 Å². The van der Waals surface area contributed by atoms with Gasteiger partial charge in [-0.3, -0.25) is 4.79 Å². The van der Waals surface area contributed by atoms with Crippen LogP contribution < -0.4 is 0 Å². The highest BCUT2D eigenvalue weighted by Gasteiger charge is 2.27. The molecule has 1 unspecified atom stereocenters. The van der Waals surface area contributed by atoms with Gasteiger partial charge < -0.3 is 14.9 Å². The molecule has 0 bridgehead atoms. The van der Waals surface area contributed by atoms with Crippen molar-refractivity contribution in [1.82, 2.24) is 9.80 Å². The molecule has 1 aliphatic heterocycles. The molecule has 0 spiro atoms. The number of piperidine rings is 1. The molecule has 0 aliphatic carbocycles. The molecule has 5 heteroatoms. The first-order valence-corrected chi connectivity index (χ1v) is 7.23. The van der Waals surface area contributed by atoms with Crippen molar-refractivity contribution in [2.24, 2.45) is 5.92 Å². The highest BCUT2D eigenvalue weighted by molar-refractivity contribution is 5.74. The zero-order valence-corrected chi connectivity index (χ0v) is 12.3. The van der Waals surface area contributed by atoms with Crippen LogP contribution in [0.15, 0.2) is 0 Å². The third-order valence-corrected chi connectivity index (χ3v) is 3.77. The molecule has 1 fully saturated rings. The summed E-state index contributed by atoms with van der Waals surface area (Å²) >= 11 is 0. The van der Waals surface area contributed by atoms with Gasteiger partial charge in [-0.05, 0) is 46.0 Å². The first-order chi connectivity index (χ1) is 8.95. The fourth-order valence-corrected chi connectivity index (χ4v) is 2.70. The smallest absolute Gasteiger partial charge is 0.320 e. The minimum Gasteiger partial charge on any atom is -0.481 e. The third-order valence-electron chi connectivity index (χ3n) is 3.77. The van der Waals surface area contributed by atoms with Crippen LogP contribution in [0.3, 0.4) is 0 Å². The van der Waals surface area contributed by atoms with E-state index in [1.54, 1.807) is 0 Å². The van der Waals surface area contributed by atoms with Gasteiger partial charge in [0.2, 0.25) is 0 Å². The summed E-state index contributed by atoms with van der Waals surface area (Å²) in [5, 5.41) is 8.73. The lowest BCUT2D eigenvalue weighted by Gasteiger charge is -2.37. The summed E-state index contributed by atoms with van der Waals surface area (Å²) < 4.78 is 0. The van der Waals surface area contributed by atoms with Crippen LogP contribution in [-0.4, -0.2) is 52.6 Å². The Labute approximate surface area is 115 Å². The summed E-state index contributed by atoms with van der Waals surface area (Å²) in [4.78, 5) is 26.8. The molecule has 1 saturated heterocycles. The molecule has 0 aromatic heterocycles. The number of hydrogen-bond donors (Lipinski definition) is 1. The lowest BCUT2D eigenvalue weighted by Crippen LogP contribution is -2.49. The maximum absolute atomic E-state index is 12.4. The quantitative estimate of drug-likeness (QED) is 0.834. The zero-order valence-electron chi connectivity index (χ0n) is 12.3. The summed E-state index contributed by atoms with van der Waals surface area (Å²) in [6, 6.07) is 0.300. The maximum atomic E-state index is 12.4. The Kier molecular flexibility index (Phi) is 6.12. The molecule has 1 N–H and O–H groups in total.